The molecule has 1 aromatic carbocycles. The molecule has 0 saturated heterocycles. The van der Waals surface area contributed by atoms with E-state index < -0.39 is 0 Å². The maximum Gasteiger partial charge on any atom is 0.244 e. The van der Waals surface area contributed by atoms with Crippen LogP contribution in [0.4, 0.5) is 4.39 Å². The molecule has 0 radical (unpaired) electrons. The number of ether oxygens (including phenoxy) is 1. The molecule has 0 spiro atoms. The van der Waals surface area contributed by atoms with Gasteiger partial charge in [0.2, 0.25) is 5.91 Å². The Morgan fingerprint density at radius 2 is 2.20 bits per heavy atom. The number of aromatic nitrogens is 1. The van der Waals surface area contributed by atoms with Crippen molar-refractivity contribution >= 4 is 29.1 Å². The summed E-state index contributed by atoms with van der Waals surface area (Å²) in [5.41, 5.74) is 2.22. The van der Waals surface area contributed by atoms with E-state index in [1.165, 1.54) is 36.5 Å². The van der Waals surface area contributed by atoms with Crippen LogP contribution in [0.2, 0.25) is 0 Å². The fourth-order valence-corrected chi connectivity index (χ4v) is 4.20. The average Bonchev–Trinajstić information content (AvgIpc) is 3.38. The summed E-state index contributed by atoms with van der Waals surface area (Å²) in [6, 6.07) is 10.1. The SMILES string of the molecule is CC(=O)c1ccc(-c2cc(F)cc3c2OC(CNC(=O)/C=C/c2cccnc2)C3)s1. The zero-order valence-electron chi connectivity index (χ0n) is 16.2. The molecule has 1 atom stereocenters. The van der Waals surface area contributed by atoms with E-state index in [1.54, 1.807) is 36.7 Å². The van der Waals surface area contributed by atoms with Gasteiger partial charge >= 0.3 is 0 Å². The van der Waals surface area contributed by atoms with Crippen molar-refractivity contribution in [3.8, 4) is 16.2 Å². The minimum absolute atomic E-state index is 0.0276. The molecule has 30 heavy (non-hydrogen) atoms. The Hall–Kier alpha value is -3.32. The van der Waals surface area contributed by atoms with Gasteiger partial charge in [-0.05, 0) is 48.9 Å². The van der Waals surface area contributed by atoms with E-state index in [1.807, 2.05) is 6.07 Å². The molecule has 152 valence electrons. The van der Waals surface area contributed by atoms with E-state index in [-0.39, 0.29) is 23.6 Å². The van der Waals surface area contributed by atoms with Crippen molar-refractivity contribution in [2.45, 2.75) is 19.4 Å². The number of ketones is 1. The van der Waals surface area contributed by atoms with Crippen LogP contribution >= 0.6 is 11.3 Å². The molecule has 5 nitrogen and oxygen atoms in total. The average molecular weight is 422 g/mol. The molecule has 0 saturated carbocycles. The molecule has 4 rings (SSSR count). The van der Waals surface area contributed by atoms with E-state index >= 15 is 0 Å². The Morgan fingerprint density at radius 1 is 1.33 bits per heavy atom. The number of amides is 1. The van der Waals surface area contributed by atoms with Gasteiger partial charge in [0.05, 0.1) is 11.4 Å². The van der Waals surface area contributed by atoms with E-state index in [9.17, 15) is 14.0 Å². The minimum atomic E-state index is -0.353. The van der Waals surface area contributed by atoms with Crippen LogP contribution in [-0.4, -0.2) is 29.3 Å². The van der Waals surface area contributed by atoms with Gasteiger partial charge < -0.3 is 10.1 Å². The van der Waals surface area contributed by atoms with Gasteiger partial charge in [-0.3, -0.25) is 14.6 Å². The molecular formula is C23H19FN2O3S. The van der Waals surface area contributed by atoms with Crippen molar-refractivity contribution in [1.29, 1.82) is 0 Å². The van der Waals surface area contributed by atoms with Crippen molar-refractivity contribution in [2.75, 3.05) is 6.54 Å². The third-order valence-corrected chi connectivity index (χ3v) is 5.92. The molecule has 1 aliphatic heterocycles. The second-order valence-electron chi connectivity index (χ2n) is 6.97. The Balaban J connectivity index is 1.43. The van der Waals surface area contributed by atoms with Crippen LogP contribution in [0.5, 0.6) is 5.75 Å². The lowest BCUT2D eigenvalue weighted by Crippen LogP contribution is -2.33. The summed E-state index contributed by atoms with van der Waals surface area (Å²) in [6.45, 7) is 1.80. The van der Waals surface area contributed by atoms with Gasteiger partial charge in [0.15, 0.2) is 5.78 Å². The summed E-state index contributed by atoms with van der Waals surface area (Å²) in [5.74, 6) is -0.0120. The van der Waals surface area contributed by atoms with E-state index in [0.717, 1.165) is 16.0 Å². The first-order valence-electron chi connectivity index (χ1n) is 9.46. The van der Waals surface area contributed by atoms with Crippen molar-refractivity contribution in [2.24, 2.45) is 0 Å². The van der Waals surface area contributed by atoms with Crippen molar-refractivity contribution in [1.82, 2.24) is 10.3 Å². The highest BCUT2D eigenvalue weighted by Crippen LogP contribution is 2.42. The molecular weight excluding hydrogens is 403 g/mol. The molecule has 7 heteroatoms. The quantitative estimate of drug-likeness (QED) is 0.475. The number of carbonyl (C=O) groups excluding carboxylic acids is 2. The van der Waals surface area contributed by atoms with E-state index in [2.05, 4.69) is 10.3 Å². The number of benzene rings is 1. The molecule has 3 aromatic rings. The summed E-state index contributed by atoms with van der Waals surface area (Å²) in [5, 5.41) is 2.82. The molecule has 2 aromatic heterocycles. The Morgan fingerprint density at radius 3 is 2.93 bits per heavy atom. The van der Waals surface area contributed by atoms with Crippen LogP contribution in [0.3, 0.4) is 0 Å². The van der Waals surface area contributed by atoms with Crippen LogP contribution in [0, 0.1) is 5.82 Å². The van der Waals surface area contributed by atoms with Gasteiger partial charge in [0, 0.05) is 40.9 Å². The van der Waals surface area contributed by atoms with Gasteiger partial charge in [-0.25, -0.2) is 4.39 Å². The smallest absolute Gasteiger partial charge is 0.244 e. The normalized spacial score (nSPS) is 15.1. The zero-order chi connectivity index (χ0) is 21.1. The lowest BCUT2D eigenvalue weighted by Gasteiger charge is -2.12. The fraction of sp³-hybridized carbons (Fsp3) is 0.174. The van der Waals surface area contributed by atoms with Crippen LogP contribution in [-0.2, 0) is 11.2 Å². The van der Waals surface area contributed by atoms with E-state index in [0.29, 0.717) is 29.2 Å². The van der Waals surface area contributed by atoms with Gasteiger partial charge in [0.25, 0.3) is 0 Å². The first-order chi connectivity index (χ1) is 14.5. The molecule has 0 bridgehead atoms. The molecule has 0 aliphatic carbocycles. The largest absolute Gasteiger partial charge is 0.487 e. The topological polar surface area (TPSA) is 68.3 Å². The number of rotatable bonds is 6. The summed E-state index contributed by atoms with van der Waals surface area (Å²) in [6.07, 6.45) is 6.67. The van der Waals surface area contributed by atoms with Crippen molar-refractivity contribution in [3.63, 3.8) is 0 Å². The lowest BCUT2D eigenvalue weighted by atomic mass is 10.0. The molecule has 1 N–H and O–H groups in total. The Bertz CT molecular complexity index is 1120. The number of pyridine rings is 1. The van der Waals surface area contributed by atoms with Gasteiger partial charge in [-0.15, -0.1) is 11.3 Å². The first-order valence-corrected chi connectivity index (χ1v) is 10.3. The fourth-order valence-electron chi connectivity index (χ4n) is 3.28. The predicted octanol–water partition coefficient (Wildman–Crippen LogP) is 4.28. The minimum Gasteiger partial charge on any atom is -0.487 e. The number of thiophene rings is 1. The number of Topliss-reactive ketones (excluding diaryl/α,β-unsaturated/α-hetero) is 1. The highest BCUT2D eigenvalue weighted by atomic mass is 32.1. The van der Waals surface area contributed by atoms with Gasteiger partial charge in [-0.2, -0.15) is 0 Å². The summed E-state index contributed by atoms with van der Waals surface area (Å²) in [7, 11) is 0. The molecule has 3 heterocycles. The van der Waals surface area contributed by atoms with Crippen LogP contribution in [0.1, 0.15) is 27.7 Å². The zero-order valence-corrected chi connectivity index (χ0v) is 17.0. The Kier molecular flexibility index (Phi) is 5.72. The summed E-state index contributed by atoms with van der Waals surface area (Å²) >= 11 is 1.31. The highest BCUT2D eigenvalue weighted by Gasteiger charge is 2.27. The summed E-state index contributed by atoms with van der Waals surface area (Å²) in [4.78, 5) is 29.1. The van der Waals surface area contributed by atoms with Gasteiger partial charge in [-0.1, -0.05) is 6.07 Å². The highest BCUT2D eigenvalue weighted by molar-refractivity contribution is 7.17. The van der Waals surface area contributed by atoms with Crippen molar-refractivity contribution in [3.05, 3.63) is 76.7 Å². The van der Waals surface area contributed by atoms with Crippen LogP contribution < -0.4 is 10.1 Å². The first kappa shape index (κ1) is 20.0. The van der Waals surface area contributed by atoms with Gasteiger partial charge in [0.1, 0.15) is 17.7 Å². The number of nitrogens with zero attached hydrogens (tertiary/aromatic N) is 1. The predicted molar refractivity (Wildman–Crippen MR) is 114 cm³/mol. The number of fused-ring (bicyclic) bond motifs is 1. The molecule has 0 fully saturated rings. The maximum atomic E-state index is 14.2. The Labute approximate surface area is 177 Å². The molecule has 1 amide bonds. The third kappa shape index (κ3) is 4.46. The number of hydrogen-bond donors (Lipinski definition) is 1. The second-order valence-corrected chi connectivity index (χ2v) is 8.05. The monoisotopic (exact) mass is 422 g/mol. The lowest BCUT2D eigenvalue weighted by molar-refractivity contribution is -0.116. The maximum absolute atomic E-state index is 14.2. The number of hydrogen-bond acceptors (Lipinski definition) is 5. The van der Waals surface area contributed by atoms with E-state index in [4.69, 9.17) is 4.74 Å². The second kappa shape index (κ2) is 8.59. The van der Waals surface area contributed by atoms with Crippen molar-refractivity contribution < 1.29 is 18.7 Å². The van der Waals surface area contributed by atoms with Crippen LogP contribution in [0.25, 0.3) is 16.5 Å². The number of carbonyl (C=O) groups is 2. The van der Waals surface area contributed by atoms with Crippen LogP contribution in [0.15, 0.2) is 54.9 Å². The molecule has 1 unspecified atom stereocenters. The standard InChI is InChI=1S/C23H19FN2O3S/c1-14(27)20-5-6-21(30-20)19-11-17(24)9-16-10-18(29-23(16)19)13-26-22(28)7-4-15-3-2-8-25-12-15/h2-9,11-12,18H,10,13H2,1H3,(H,26,28)/b7-4+. The molecule has 1 aliphatic rings. The summed E-state index contributed by atoms with van der Waals surface area (Å²) < 4.78 is 20.2. The number of nitrogens with one attached hydrogen (secondary N) is 1. The number of halogens is 1. The third-order valence-electron chi connectivity index (χ3n) is 4.70.